The first-order chi connectivity index (χ1) is 10.6. The second-order valence-corrected chi connectivity index (χ2v) is 5.80. The molecule has 22 heavy (non-hydrogen) atoms. The number of hydrogen-bond acceptors (Lipinski definition) is 5. The molecule has 1 amide bonds. The number of halogens is 1. The molecule has 0 aliphatic heterocycles. The van der Waals surface area contributed by atoms with Gasteiger partial charge in [0, 0.05) is 23.7 Å². The lowest BCUT2D eigenvalue weighted by Gasteiger charge is -2.13. The number of ether oxygens (including phenoxy) is 1. The molecule has 1 N–H and O–H groups in total. The third kappa shape index (κ3) is 4.42. The Kier molecular flexibility index (Phi) is 5.71. The zero-order valence-corrected chi connectivity index (χ0v) is 13.1. The Bertz CT molecular complexity index is 640. The fourth-order valence-electron chi connectivity index (χ4n) is 1.73. The molecule has 2 rings (SSSR count). The van der Waals surface area contributed by atoms with Gasteiger partial charge in [0.15, 0.2) is 0 Å². The van der Waals surface area contributed by atoms with E-state index in [2.05, 4.69) is 15.3 Å². The second kappa shape index (κ2) is 7.74. The van der Waals surface area contributed by atoms with Crippen LogP contribution in [0.4, 0.5) is 10.3 Å². The van der Waals surface area contributed by atoms with Gasteiger partial charge in [0.1, 0.15) is 11.6 Å². The van der Waals surface area contributed by atoms with E-state index in [4.69, 9.17) is 4.74 Å². The van der Waals surface area contributed by atoms with Crippen LogP contribution in [0.1, 0.15) is 12.5 Å². The van der Waals surface area contributed by atoms with Crippen molar-refractivity contribution >= 4 is 23.6 Å². The SMILES string of the molecule is COc1ccc(F)cc1CS[C@H](C)C(=O)Nc1ncccn1. The summed E-state index contributed by atoms with van der Waals surface area (Å²) in [4.78, 5) is 19.9. The molecule has 0 fully saturated rings. The maximum Gasteiger partial charge on any atom is 0.239 e. The Hall–Kier alpha value is -2.15. The van der Waals surface area contributed by atoms with Gasteiger partial charge in [-0.2, -0.15) is 0 Å². The van der Waals surface area contributed by atoms with Crippen LogP contribution >= 0.6 is 11.8 Å². The zero-order valence-electron chi connectivity index (χ0n) is 12.2. The van der Waals surface area contributed by atoms with E-state index >= 15 is 0 Å². The number of amides is 1. The summed E-state index contributed by atoms with van der Waals surface area (Å²) < 4.78 is 18.5. The molecule has 0 radical (unpaired) electrons. The van der Waals surface area contributed by atoms with E-state index in [1.54, 1.807) is 31.5 Å². The number of carbonyl (C=O) groups is 1. The lowest BCUT2D eigenvalue weighted by Crippen LogP contribution is -2.23. The van der Waals surface area contributed by atoms with Gasteiger partial charge in [0.2, 0.25) is 11.9 Å². The van der Waals surface area contributed by atoms with Crippen molar-refractivity contribution in [3.8, 4) is 5.75 Å². The van der Waals surface area contributed by atoms with Crippen LogP contribution in [0.3, 0.4) is 0 Å². The van der Waals surface area contributed by atoms with E-state index in [9.17, 15) is 9.18 Å². The monoisotopic (exact) mass is 321 g/mol. The molecule has 0 bridgehead atoms. The van der Waals surface area contributed by atoms with Gasteiger partial charge < -0.3 is 4.74 Å². The number of hydrogen-bond donors (Lipinski definition) is 1. The van der Waals surface area contributed by atoms with Gasteiger partial charge in [0.05, 0.1) is 12.4 Å². The van der Waals surface area contributed by atoms with Gasteiger partial charge in [-0.15, -0.1) is 11.8 Å². The fourth-order valence-corrected chi connectivity index (χ4v) is 2.59. The molecule has 1 atom stereocenters. The quantitative estimate of drug-likeness (QED) is 0.886. The third-order valence-electron chi connectivity index (χ3n) is 2.90. The fraction of sp³-hybridized carbons (Fsp3) is 0.267. The van der Waals surface area contributed by atoms with Crippen molar-refractivity contribution in [2.75, 3.05) is 12.4 Å². The molecule has 0 aliphatic rings. The molecule has 0 aliphatic carbocycles. The predicted octanol–water partition coefficient (Wildman–Crippen LogP) is 2.88. The minimum absolute atomic E-state index is 0.202. The third-order valence-corrected chi connectivity index (χ3v) is 4.09. The first kappa shape index (κ1) is 16.2. The standard InChI is InChI=1S/C15H16FN3O2S/c1-10(14(20)19-15-17-6-3-7-18-15)22-9-11-8-12(16)4-5-13(11)21-2/h3-8,10H,9H2,1-2H3,(H,17,18,19,20)/t10-/m1/s1. The molecule has 1 heterocycles. The molecule has 5 nitrogen and oxygen atoms in total. The molecular weight excluding hydrogens is 305 g/mol. The van der Waals surface area contributed by atoms with Crippen LogP contribution < -0.4 is 10.1 Å². The van der Waals surface area contributed by atoms with Gasteiger partial charge >= 0.3 is 0 Å². The molecule has 0 spiro atoms. The number of anilines is 1. The zero-order chi connectivity index (χ0) is 15.9. The lowest BCUT2D eigenvalue weighted by molar-refractivity contribution is -0.115. The highest BCUT2D eigenvalue weighted by atomic mass is 32.2. The average Bonchev–Trinajstić information content (AvgIpc) is 2.53. The lowest BCUT2D eigenvalue weighted by atomic mass is 10.2. The van der Waals surface area contributed by atoms with Crippen molar-refractivity contribution < 1.29 is 13.9 Å². The molecular formula is C15H16FN3O2S. The Labute approximate surface area is 132 Å². The Balaban J connectivity index is 1.93. The highest BCUT2D eigenvalue weighted by Gasteiger charge is 2.16. The average molecular weight is 321 g/mol. The summed E-state index contributed by atoms with van der Waals surface area (Å²) in [6.07, 6.45) is 3.11. The Morgan fingerprint density at radius 1 is 1.41 bits per heavy atom. The van der Waals surface area contributed by atoms with Crippen LogP contribution in [-0.2, 0) is 10.5 Å². The van der Waals surface area contributed by atoms with Gasteiger partial charge in [-0.1, -0.05) is 0 Å². The number of benzene rings is 1. The molecule has 0 saturated heterocycles. The summed E-state index contributed by atoms with van der Waals surface area (Å²) in [7, 11) is 1.53. The maximum atomic E-state index is 13.3. The number of thioether (sulfide) groups is 1. The summed E-state index contributed by atoms with van der Waals surface area (Å²) in [5, 5.41) is 2.29. The number of nitrogens with zero attached hydrogens (tertiary/aromatic N) is 2. The number of nitrogens with one attached hydrogen (secondary N) is 1. The van der Waals surface area contributed by atoms with Crippen LogP contribution in [0.2, 0.25) is 0 Å². The van der Waals surface area contributed by atoms with Crippen molar-refractivity contribution in [3.63, 3.8) is 0 Å². The minimum Gasteiger partial charge on any atom is -0.496 e. The first-order valence-electron chi connectivity index (χ1n) is 6.62. The summed E-state index contributed by atoms with van der Waals surface area (Å²) in [5.41, 5.74) is 0.711. The molecule has 1 aromatic carbocycles. The van der Waals surface area contributed by atoms with E-state index in [1.807, 2.05) is 0 Å². The largest absolute Gasteiger partial charge is 0.496 e. The second-order valence-electron chi connectivity index (χ2n) is 4.47. The smallest absolute Gasteiger partial charge is 0.239 e. The highest BCUT2D eigenvalue weighted by molar-refractivity contribution is 7.99. The predicted molar refractivity (Wildman–Crippen MR) is 84.4 cm³/mol. The maximum absolute atomic E-state index is 13.3. The van der Waals surface area contributed by atoms with Crippen LogP contribution in [0.5, 0.6) is 5.75 Å². The van der Waals surface area contributed by atoms with Gasteiger partial charge in [-0.3, -0.25) is 10.1 Å². The minimum atomic E-state index is -0.336. The van der Waals surface area contributed by atoms with Crippen molar-refractivity contribution in [3.05, 3.63) is 48.0 Å². The van der Waals surface area contributed by atoms with Crippen LogP contribution in [0.15, 0.2) is 36.7 Å². The number of rotatable bonds is 6. The molecule has 116 valence electrons. The summed E-state index contributed by atoms with van der Waals surface area (Å²) in [5.74, 6) is 0.805. The van der Waals surface area contributed by atoms with E-state index in [0.717, 1.165) is 0 Å². The Morgan fingerprint density at radius 3 is 2.82 bits per heavy atom. The Morgan fingerprint density at radius 2 is 2.14 bits per heavy atom. The number of aromatic nitrogens is 2. The number of methoxy groups -OCH3 is 1. The van der Waals surface area contributed by atoms with E-state index < -0.39 is 0 Å². The van der Waals surface area contributed by atoms with Crippen molar-refractivity contribution in [2.45, 2.75) is 17.9 Å². The van der Waals surface area contributed by atoms with Crippen LogP contribution in [0, 0.1) is 5.82 Å². The van der Waals surface area contributed by atoms with E-state index in [0.29, 0.717) is 17.1 Å². The first-order valence-corrected chi connectivity index (χ1v) is 7.67. The molecule has 1 aromatic heterocycles. The van der Waals surface area contributed by atoms with Crippen molar-refractivity contribution in [2.24, 2.45) is 0 Å². The van der Waals surface area contributed by atoms with E-state index in [1.165, 1.54) is 31.0 Å². The highest BCUT2D eigenvalue weighted by Crippen LogP contribution is 2.26. The molecule has 2 aromatic rings. The normalized spacial score (nSPS) is 11.8. The summed E-state index contributed by atoms with van der Waals surface area (Å²) in [6.45, 7) is 1.77. The summed E-state index contributed by atoms with van der Waals surface area (Å²) in [6, 6.07) is 6.00. The molecule has 0 unspecified atom stereocenters. The van der Waals surface area contributed by atoms with Crippen LogP contribution in [0.25, 0.3) is 0 Å². The number of carbonyl (C=O) groups excluding carboxylic acids is 1. The van der Waals surface area contributed by atoms with Crippen LogP contribution in [-0.4, -0.2) is 28.2 Å². The topological polar surface area (TPSA) is 64.1 Å². The van der Waals surface area contributed by atoms with Crippen molar-refractivity contribution in [1.82, 2.24) is 9.97 Å². The van der Waals surface area contributed by atoms with Gasteiger partial charge in [-0.25, -0.2) is 14.4 Å². The summed E-state index contributed by atoms with van der Waals surface area (Å²) >= 11 is 1.38. The molecule has 0 saturated carbocycles. The van der Waals surface area contributed by atoms with E-state index in [-0.39, 0.29) is 22.9 Å². The van der Waals surface area contributed by atoms with Gasteiger partial charge in [0.25, 0.3) is 0 Å². The van der Waals surface area contributed by atoms with Crippen molar-refractivity contribution in [1.29, 1.82) is 0 Å². The van der Waals surface area contributed by atoms with Gasteiger partial charge in [-0.05, 0) is 31.2 Å². The molecule has 7 heteroatoms.